The van der Waals surface area contributed by atoms with E-state index in [9.17, 15) is 14.2 Å². The number of amides is 3. The molecule has 5 heterocycles. The summed E-state index contributed by atoms with van der Waals surface area (Å²) in [5.74, 6) is 0.859. The van der Waals surface area contributed by atoms with Crippen molar-refractivity contribution in [3.05, 3.63) is 82.5 Å². The fourth-order valence-corrected chi connectivity index (χ4v) is 10.0. The fraction of sp³-hybridized carbons (Fsp3) is 0.381. The zero-order chi connectivity index (χ0) is 42.1. The van der Waals surface area contributed by atoms with Gasteiger partial charge >= 0.3 is 6.03 Å². The molecule has 3 N–H and O–H groups in total. The zero-order valence-electron chi connectivity index (χ0n) is 34.0. The smallest absolute Gasteiger partial charge is 0.328 e. The minimum absolute atomic E-state index is 0.195. The Labute approximate surface area is 356 Å². The topological polar surface area (TPSA) is 161 Å². The van der Waals surface area contributed by atoms with Crippen LogP contribution < -0.4 is 35.8 Å². The molecule has 18 heteroatoms. The van der Waals surface area contributed by atoms with Crippen LogP contribution in [0.5, 0.6) is 5.75 Å². The van der Waals surface area contributed by atoms with Crippen molar-refractivity contribution in [2.24, 2.45) is 0 Å². The van der Waals surface area contributed by atoms with Gasteiger partial charge in [0.2, 0.25) is 11.9 Å². The predicted molar refractivity (Wildman–Crippen MR) is 237 cm³/mol. The second kappa shape index (κ2) is 17.4. The van der Waals surface area contributed by atoms with Crippen molar-refractivity contribution in [1.29, 1.82) is 0 Å². The number of aryl methyl sites for hydroxylation is 1. The molecule has 0 unspecified atom stereocenters. The minimum Gasteiger partial charge on any atom is -0.494 e. The van der Waals surface area contributed by atoms with E-state index in [1.54, 1.807) is 51.2 Å². The van der Waals surface area contributed by atoms with Crippen LogP contribution in [0.1, 0.15) is 30.4 Å². The van der Waals surface area contributed by atoms with Crippen LogP contribution in [0.25, 0.3) is 11.0 Å². The lowest BCUT2D eigenvalue weighted by Crippen LogP contribution is -2.53. The summed E-state index contributed by atoms with van der Waals surface area (Å²) in [7, 11) is -1.12. The number of imide groups is 1. The van der Waals surface area contributed by atoms with E-state index in [0.29, 0.717) is 67.9 Å². The van der Waals surface area contributed by atoms with Gasteiger partial charge in [-0.25, -0.2) is 14.2 Å². The summed E-state index contributed by atoms with van der Waals surface area (Å²) in [6.07, 6.45) is 7.15. The maximum absolute atomic E-state index is 15.2. The number of halogens is 2. The number of ether oxygens (including phenoxy) is 1. The molecule has 0 spiro atoms. The quantitative estimate of drug-likeness (QED) is 0.122. The van der Waals surface area contributed by atoms with Crippen LogP contribution in [0, 0.1) is 12.7 Å². The highest BCUT2D eigenvalue weighted by Gasteiger charge is 2.30. The van der Waals surface area contributed by atoms with Gasteiger partial charge < -0.3 is 24.8 Å². The van der Waals surface area contributed by atoms with E-state index < -0.39 is 13.2 Å². The molecule has 8 rings (SSSR count). The first-order valence-electron chi connectivity index (χ1n) is 20.0. The van der Waals surface area contributed by atoms with Crippen LogP contribution in [-0.4, -0.2) is 114 Å². The molecule has 0 radical (unpaired) electrons. The lowest BCUT2D eigenvalue weighted by Gasteiger charge is -2.43. The molecule has 0 atom stereocenters. The normalized spacial score (nSPS) is 17.2. The van der Waals surface area contributed by atoms with Gasteiger partial charge in [0, 0.05) is 106 Å². The number of aromatic nitrogens is 4. The highest BCUT2D eigenvalue weighted by molar-refractivity contribution is 9.10. The fourth-order valence-electron chi connectivity index (χ4n) is 8.36. The molecule has 5 aromatic rings. The first kappa shape index (κ1) is 41.5. The second-order valence-electron chi connectivity index (χ2n) is 15.8. The van der Waals surface area contributed by atoms with E-state index in [2.05, 4.69) is 80.6 Å². The first-order valence-corrected chi connectivity index (χ1v) is 23.4. The average Bonchev–Trinajstić information content (AvgIpc) is 3.23. The zero-order valence-corrected chi connectivity index (χ0v) is 36.5. The molecule has 15 nitrogen and oxygen atoms in total. The Hall–Kier alpha value is -5.22. The van der Waals surface area contributed by atoms with E-state index in [1.165, 1.54) is 11.0 Å². The molecule has 0 bridgehead atoms. The van der Waals surface area contributed by atoms with Crippen molar-refractivity contribution in [2.75, 3.05) is 86.7 Å². The molecule has 2 aromatic heterocycles. The lowest BCUT2D eigenvalue weighted by molar-refractivity contribution is -0.120. The number of methoxy groups -OCH3 is 1. The Morgan fingerprint density at radius 2 is 1.70 bits per heavy atom. The van der Waals surface area contributed by atoms with Gasteiger partial charge in [-0.2, -0.15) is 4.98 Å². The number of hydrogen-bond donors (Lipinski definition) is 3. The summed E-state index contributed by atoms with van der Waals surface area (Å²) < 4.78 is 35.2. The highest BCUT2D eigenvalue weighted by Crippen LogP contribution is 2.42. The van der Waals surface area contributed by atoms with E-state index in [4.69, 9.17) is 9.72 Å². The van der Waals surface area contributed by atoms with Gasteiger partial charge in [0.15, 0.2) is 0 Å². The molecule has 0 aliphatic carbocycles. The molecule has 314 valence electrons. The monoisotopic (exact) mass is 899 g/mol. The van der Waals surface area contributed by atoms with Crippen LogP contribution >= 0.6 is 23.1 Å². The second-order valence-corrected chi connectivity index (χ2v) is 19.8. The largest absolute Gasteiger partial charge is 0.494 e. The number of benzene rings is 3. The molecular formula is C42H48BrFN11O4P. The van der Waals surface area contributed by atoms with Crippen LogP contribution in [-0.2, 0) is 15.9 Å². The maximum Gasteiger partial charge on any atom is 0.328 e. The number of urea groups is 1. The van der Waals surface area contributed by atoms with Crippen LogP contribution in [0.4, 0.5) is 43.7 Å². The number of piperidine rings is 1. The molecule has 3 amide bonds. The summed E-state index contributed by atoms with van der Waals surface area (Å²) in [5, 5.41) is 9.60. The van der Waals surface area contributed by atoms with Crippen molar-refractivity contribution < 1.29 is 23.3 Å². The third-order valence-corrected chi connectivity index (χ3v) is 13.5. The molecular weight excluding hydrogens is 852 g/mol. The van der Waals surface area contributed by atoms with Gasteiger partial charge in [0.25, 0.3) is 0 Å². The van der Waals surface area contributed by atoms with E-state index in [0.717, 1.165) is 69.0 Å². The Morgan fingerprint density at radius 3 is 2.42 bits per heavy atom. The number of carbonyl (C=O) groups is 2. The number of anilines is 6. The van der Waals surface area contributed by atoms with Crippen LogP contribution in [0.15, 0.2) is 65.5 Å². The van der Waals surface area contributed by atoms with E-state index >= 15 is 4.39 Å². The molecule has 3 aromatic carbocycles. The standard InChI is InChI=1S/C42H48BrFN11O4P/c1-26-21-34(49-41-47-24-30(43)40(51-41)48-33-8-7-32-38(46-13-12-45-32)39(33)60(3,4)58)36(59-2)23-35(26)54-14-9-28(10-15-54)53-19-17-52(18-20-53)25-27-5-6-29(22-31(27)44)55-16-11-37(56)50-42(55)57/h5-8,12-13,21-24,28H,9-11,14-20,25H2,1-4H3,(H,50,56,57)(H2,47,48,49,51). The number of piperazine rings is 1. The summed E-state index contributed by atoms with van der Waals surface area (Å²) in [4.78, 5) is 50.6. The van der Waals surface area contributed by atoms with Crippen molar-refractivity contribution in [3.8, 4) is 5.75 Å². The number of nitrogens with zero attached hydrogens (tertiary/aromatic N) is 8. The van der Waals surface area contributed by atoms with Crippen molar-refractivity contribution >= 4 is 85.9 Å². The predicted octanol–water partition coefficient (Wildman–Crippen LogP) is 6.61. The Bertz CT molecular complexity index is 2490. The average molecular weight is 901 g/mol. The summed E-state index contributed by atoms with van der Waals surface area (Å²) >= 11 is 3.58. The van der Waals surface area contributed by atoms with Gasteiger partial charge in [0.1, 0.15) is 30.0 Å². The SMILES string of the molecule is COc1cc(N2CCC(N3CCN(Cc4ccc(N5CCC(=O)NC5=O)cc4F)CC3)CC2)c(C)cc1Nc1ncc(Br)c(Nc2ccc3nccnc3c2P(C)(C)=O)n1. The maximum atomic E-state index is 15.2. The molecule has 0 saturated carbocycles. The molecule has 3 aliphatic heterocycles. The Balaban J connectivity index is 0.872. The Morgan fingerprint density at radius 1 is 0.933 bits per heavy atom. The Kier molecular flexibility index (Phi) is 12.0. The third kappa shape index (κ3) is 8.94. The number of hydrogen-bond acceptors (Lipinski definition) is 13. The number of nitrogens with one attached hydrogen (secondary N) is 3. The van der Waals surface area contributed by atoms with Crippen molar-refractivity contribution in [2.45, 2.75) is 38.8 Å². The van der Waals surface area contributed by atoms with Gasteiger partial charge in [-0.15, -0.1) is 0 Å². The third-order valence-electron chi connectivity index (χ3n) is 11.4. The summed E-state index contributed by atoms with van der Waals surface area (Å²) in [6, 6.07) is 12.7. The minimum atomic E-state index is -2.78. The van der Waals surface area contributed by atoms with Gasteiger partial charge in [-0.1, -0.05) is 6.07 Å². The van der Waals surface area contributed by atoms with Crippen LogP contribution in [0.3, 0.4) is 0 Å². The van der Waals surface area contributed by atoms with Gasteiger partial charge in [-0.05, 0) is 84.9 Å². The number of fused-ring (bicyclic) bond motifs is 1. The van der Waals surface area contributed by atoms with Crippen LogP contribution in [0.2, 0.25) is 0 Å². The summed E-state index contributed by atoms with van der Waals surface area (Å²) in [6.45, 7) is 11.6. The van der Waals surface area contributed by atoms with E-state index in [1.807, 2.05) is 12.1 Å². The molecule has 3 fully saturated rings. The molecule has 60 heavy (non-hydrogen) atoms. The molecule has 3 saturated heterocycles. The molecule has 3 aliphatic rings. The summed E-state index contributed by atoms with van der Waals surface area (Å²) in [5.41, 5.74) is 5.89. The lowest BCUT2D eigenvalue weighted by atomic mass is 10.00. The van der Waals surface area contributed by atoms with Gasteiger partial charge in [-0.3, -0.25) is 34.8 Å². The number of rotatable bonds is 11. The van der Waals surface area contributed by atoms with Crippen molar-refractivity contribution in [3.63, 3.8) is 0 Å². The van der Waals surface area contributed by atoms with Crippen molar-refractivity contribution in [1.82, 2.24) is 35.1 Å². The first-order chi connectivity index (χ1) is 28.8. The van der Waals surface area contributed by atoms with E-state index in [-0.39, 0.29) is 24.7 Å². The highest BCUT2D eigenvalue weighted by atomic mass is 79.9. The van der Waals surface area contributed by atoms with Gasteiger partial charge in [0.05, 0.1) is 33.8 Å². The number of carbonyl (C=O) groups excluding carboxylic acids is 2.